The molecule has 2 rings (SSSR count). The summed E-state index contributed by atoms with van der Waals surface area (Å²) in [4.78, 5) is 24.0. The van der Waals surface area contributed by atoms with E-state index in [1.54, 1.807) is 0 Å². The highest BCUT2D eigenvalue weighted by atomic mass is 16.2. The summed E-state index contributed by atoms with van der Waals surface area (Å²) in [5.74, 6) is 0.957. The molecule has 2 atom stereocenters. The second kappa shape index (κ2) is 5.02. The number of amides is 2. The van der Waals surface area contributed by atoms with Crippen molar-refractivity contribution in [3.63, 3.8) is 0 Å². The zero-order valence-electron chi connectivity index (χ0n) is 11.8. The van der Waals surface area contributed by atoms with Crippen LogP contribution in [-0.2, 0) is 9.59 Å². The first-order chi connectivity index (χ1) is 8.42. The Labute approximate surface area is 110 Å². The van der Waals surface area contributed by atoms with Crippen LogP contribution in [0.2, 0.25) is 0 Å². The van der Waals surface area contributed by atoms with Gasteiger partial charge < -0.3 is 0 Å². The van der Waals surface area contributed by atoms with Crippen molar-refractivity contribution in [1.82, 2.24) is 5.32 Å². The highest BCUT2D eigenvalue weighted by molar-refractivity contribution is 5.99. The smallest absolute Gasteiger partial charge is 0.230 e. The van der Waals surface area contributed by atoms with Crippen molar-refractivity contribution in [2.75, 3.05) is 0 Å². The molecule has 2 aliphatic rings. The number of nitrogens with one attached hydrogen (secondary N) is 1. The molecule has 1 aliphatic carbocycles. The molecule has 1 heterocycles. The fraction of sp³-hybridized carbons (Fsp3) is 0.867. The quantitative estimate of drug-likeness (QED) is 0.784. The first-order valence-electron chi connectivity index (χ1n) is 7.26. The first-order valence-corrected chi connectivity index (χ1v) is 7.26. The van der Waals surface area contributed by atoms with E-state index in [9.17, 15) is 9.59 Å². The molecule has 0 spiro atoms. The summed E-state index contributed by atoms with van der Waals surface area (Å²) >= 11 is 0. The molecule has 1 N–H and O–H groups in total. The lowest BCUT2D eigenvalue weighted by molar-refractivity contribution is -0.146. The minimum absolute atomic E-state index is 0.0127. The van der Waals surface area contributed by atoms with Crippen molar-refractivity contribution < 1.29 is 9.59 Å². The van der Waals surface area contributed by atoms with Gasteiger partial charge >= 0.3 is 0 Å². The molecular formula is C15H25NO2. The van der Waals surface area contributed by atoms with Crippen LogP contribution in [0, 0.1) is 23.2 Å². The predicted molar refractivity (Wildman–Crippen MR) is 70.8 cm³/mol. The molecule has 1 saturated heterocycles. The Morgan fingerprint density at radius 3 is 2.44 bits per heavy atom. The lowest BCUT2D eigenvalue weighted by Crippen LogP contribution is -2.53. The van der Waals surface area contributed by atoms with E-state index in [1.165, 1.54) is 12.8 Å². The number of hydrogen-bond acceptors (Lipinski definition) is 2. The maximum atomic E-state index is 12.3. The Morgan fingerprint density at radius 1 is 1.28 bits per heavy atom. The summed E-state index contributed by atoms with van der Waals surface area (Å²) in [6.45, 7) is 6.49. The Bertz CT molecular complexity index is 344. The van der Waals surface area contributed by atoms with Gasteiger partial charge in [-0.2, -0.15) is 0 Å². The standard InChI is InChI=1S/C15H25NO2/c1-10(2)8-15(3)9-12(17)16-14(18)13(15)11-6-4-5-7-11/h10-11,13H,4-9H2,1-3H3,(H,16,17,18). The summed E-state index contributed by atoms with van der Waals surface area (Å²) < 4.78 is 0. The topological polar surface area (TPSA) is 46.2 Å². The van der Waals surface area contributed by atoms with E-state index >= 15 is 0 Å². The molecule has 0 aromatic rings. The summed E-state index contributed by atoms with van der Waals surface area (Å²) in [6.07, 6.45) is 6.26. The van der Waals surface area contributed by atoms with Gasteiger partial charge in [0.15, 0.2) is 0 Å². The van der Waals surface area contributed by atoms with E-state index in [-0.39, 0.29) is 23.1 Å². The minimum Gasteiger partial charge on any atom is -0.296 e. The van der Waals surface area contributed by atoms with E-state index in [1.807, 2.05) is 0 Å². The third kappa shape index (κ3) is 2.60. The summed E-state index contributed by atoms with van der Waals surface area (Å²) in [5, 5.41) is 2.56. The SMILES string of the molecule is CC(C)CC1(C)CC(=O)NC(=O)C1C1CCCC1. The Hall–Kier alpha value is -0.860. The average Bonchev–Trinajstić information content (AvgIpc) is 2.66. The van der Waals surface area contributed by atoms with Crippen LogP contribution in [0.15, 0.2) is 0 Å². The molecule has 2 unspecified atom stereocenters. The molecule has 0 radical (unpaired) electrons. The number of carbonyl (C=O) groups excluding carboxylic acids is 2. The molecule has 2 amide bonds. The molecule has 1 aliphatic heterocycles. The minimum atomic E-state index is -0.136. The lowest BCUT2D eigenvalue weighted by Gasteiger charge is -2.43. The molecule has 0 aromatic carbocycles. The van der Waals surface area contributed by atoms with Gasteiger partial charge in [0, 0.05) is 12.3 Å². The van der Waals surface area contributed by atoms with Crippen molar-refractivity contribution in [2.45, 2.75) is 59.3 Å². The van der Waals surface area contributed by atoms with Crippen LogP contribution in [0.3, 0.4) is 0 Å². The van der Waals surface area contributed by atoms with E-state index in [4.69, 9.17) is 0 Å². The van der Waals surface area contributed by atoms with Gasteiger partial charge in [-0.15, -0.1) is 0 Å². The monoisotopic (exact) mass is 251 g/mol. The van der Waals surface area contributed by atoms with Gasteiger partial charge in [0.1, 0.15) is 0 Å². The fourth-order valence-corrected chi connectivity index (χ4v) is 4.26. The van der Waals surface area contributed by atoms with Crippen LogP contribution in [0.25, 0.3) is 0 Å². The normalized spacial score (nSPS) is 34.1. The highest BCUT2D eigenvalue weighted by Crippen LogP contribution is 2.48. The van der Waals surface area contributed by atoms with Gasteiger partial charge in [-0.1, -0.05) is 33.6 Å². The largest absolute Gasteiger partial charge is 0.296 e. The lowest BCUT2D eigenvalue weighted by atomic mass is 9.62. The summed E-state index contributed by atoms with van der Waals surface area (Å²) in [5.41, 5.74) is -0.136. The van der Waals surface area contributed by atoms with E-state index in [2.05, 4.69) is 26.1 Å². The molecule has 18 heavy (non-hydrogen) atoms. The maximum Gasteiger partial charge on any atom is 0.230 e. The van der Waals surface area contributed by atoms with Gasteiger partial charge in [-0.25, -0.2) is 0 Å². The van der Waals surface area contributed by atoms with Crippen molar-refractivity contribution in [3.05, 3.63) is 0 Å². The number of imide groups is 1. The maximum absolute atomic E-state index is 12.3. The molecule has 102 valence electrons. The van der Waals surface area contributed by atoms with Crippen molar-refractivity contribution >= 4 is 11.8 Å². The molecule has 1 saturated carbocycles. The molecule has 3 nitrogen and oxygen atoms in total. The fourth-order valence-electron chi connectivity index (χ4n) is 4.26. The van der Waals surface area contributed by atoms with E-state index < -0.39 is 0 Å². The first kappa shape index (κ1) is 13.6. The van der Waals surface area contributed by atoms with E-state index in [0.717, 1.165) is 19.3 Å². The van der Waals surface area contributed by atoms with Gasteiger partial charge in [-0.05, 0) is 36.5 Å². The predicted octanol–water partition coefficient (Wildman–Crippen LogP) is 2.89. The molecule has 0 bridgehead atoms. The number of hydrogen-bond donors (Lipinski definition) is 1. The Kier molecular flexibility index (Phi) is 3.79. The van der Waals surface area contributed by atoms with Crippen LogP contribution in [0.4, 0.5) is 0 Å². The molecule has 0 aromatic heterocycles. The van der Waals surface area contributed by atoms with E-state index in [0.29, 0.717) is 18.3 Å². The zero-order chi connectivity index (χ0) is 13.3. The second-order valence-corrected chi connectivity index (χ2v) is 6.86. The highest BCUT2D eigenvalue weighted by Gasteiger charge is 2.49. The van der Waals surface area contributed by atoms with Gasteiger partial charge in [0.05, 0.1) is 0 Å². The number of carbonyl (C=O) groups is 2. The summed E-state index contributed by atoms with van der Waals surface area (Å²) in [6, 6.07) is 0. The van der Waals surface area contributed by atoms with Crippen molar-refractivity contribution in [1.29, 1.82) is 0 Å². The van der Waals surface area contributed by atoms with Gasteiger partial charge in [0.25, 0.3) is 0 Å². The van der Waals surface area contributed by atoms with Gasteiger partial charge in [-0.3, -0.25) is 14.9 Å². The molecule has 3 heteroatoms. The number of rotatable bonds is 3. The average molecular weight is 251 g/mol. The van der Waals surface area contributed by atoms with Crippen LogP contribution < -0.4 is 5.32 Å². The van der Waals surface area contributed by atoms with Crippen LogP contribution >= 0.6 is 0 Å². The molecule has 2 fully saturated rings. The Balaban J connectivity index is 2.24. The third-order valence-corrected chi connectivity index (χ3v) is 4.61. The van der Waals surface area contributed by atoms with Crippen molar-refractivity contribution in [2.24, 2.45) is 23.2 Å². The van der Waals surface area contributed by atoms with Crippen molar-refractivity contribution in [3.8, 4) is 0 Å². The third-order valence-electron chi connectivity index (χ3n) is 4.61. The van der Waals surface area contributed by atoms with Gasteiger partial charge in [0.2, 0.25) is 11.8 Å². The van der Waals surface area contributed by atoms with Crippen LogP contribution in [0.1, 0.15) is 59.3 Å². The molecular weight excluding hydrogens is 226 g/mol. The number of piperidine rings is 1. The van der Waals surface area contributed by atoms with Crippen LogP contribution in [-0.4, -0.2) is 11.8 Å². The van der Waals surface area contributed by atoms with Crippen LogP contribution in [0.5, 0.6) is 0 Å². The Morgan fingerprint density at radius 2 is 1.89 bits per heavy atom. The zero-order valence-corrected chi connectivity index (χ0v) is 11.8. The second-order valence-electron chi connectivity index (χ2n) is 6.86. The summed E-state index contributed by atoms with van der Waals surface area (Å²) in [7, 11) is 0.